The van der Waals surface area contributed by atoms with Gasteiger partial charge in [0, 0.05) is 17.4 Å². The number of ether oxygens (including phenoxy) is 1. The zero-order valence-corrected chi connectivity index (χ0v) is 12.1. The van der Waals surface area contributed by atoms with Crippen molar-refractivity contribution in [2.24, 2.45) is 0 Å². The number of anilines is 1. The van der Waals surface area contributed by atoms with Gasteiger partial charge in [0.05, 0.1) is 12.2 Å². The molecule has 1 atom stereocenters. The Morgan fingerprint density at radius 1 is 1.35 bits per heavy atom. The molecule has 1 heterocycles. The number of nitrogens with zero attached hydrogens (tertiary/aromatic N) is 2. The molecular formula is C15H21N3O2. The number of aryl methyl sites for hydroxylation is 1. The van der Waals surface area contributed by atoms with E-state index in [2.05, 4.69) is 5.10 Å². The second kappa shape index (κ2) is 5.96. The van der Waals surface area contributed by atoms with E-state index in [9.17, 15) is 5.11 Å². The van der Waals surface area contributed by atoms with Gasteiger partial charge in [-0.2, -0.15) is 5.10 Å². The fraction of sp³-hybridized carbons (Fsp3) is 0.400. The average Bonchev–Trinajstić information content (AvgIpc) is 2.64. The van der Waals surface area contributed by atoms with Crippen LogP contribution >= 0.6 is 0 Å². The molecule has 0 saturated carbocycles. The van der Waals surface area contributed by atoms with Crippen LogP contribution < -0.4 is 10.5 Å². The fourth-order valence-corrected chi connectivity index (χ4v) is 2.01. The summed E-state index contributed by atoms with van der Waals surface area (Å²) in [5.74, 6) is 0.661. The van der Waals surface area contributed by atoms with E-state index in [1.165, 1.54) is 0 Å². The molecule has 5 heteroatoms. The van der Waals surface area contributed by atoms with Gasteiger partial charge in [-0.15, -0.1) is 0 Å². The Balaban J connectivity index is 1.92. The number of aliphatic hydroxyl groups is 1. The van der Waals surface area contributed by atoms with E-state index in [4.69, 9.17) is 10.5 Å². The molecule has 0 spiro atoms. The molecule has 0 bridgehead atoms. The Bertz CT molecular complexity index is 593. The van der Waals surface area contributed by atoms with Crippen LogP contribution in [0.15, 0.2) is 24.3 Å². The summed E-state index contributed by atoms with van der Waals surface area (Å²) in [6.07, 6.45) is -0.617. The van der Waals surface area contributed by atoms with Crippen molar-refractivity contribution in [3.8, 4) is 5.75 Å². The van der Waals surface area contributed by atoms with Crippen molar-refractivity contribution in [2.45, 2.75) is 33.4 Å². The van der Waals surface area contributed by atoms with Crippen molar-refractivity contribution in [1.82, 2.24) is 9.78 Å². The third-order valence-corrected chi connectivity index (χ3v) is 3.43. The topological polar surface area (TPSA) is 73.3 Å². The van der Waals surface area contributed by atoms with Crippen LogP contribution in [0.5, 0.6) is 5.75 Å². The quantitative estimate of drug-likeness (QED) is 0.816. The predicted molar refractivity (Wildman–Crippen MR) is 78.8 cm³/mol. The summed E-state index contributed by atoms with van der Waals surface area (Å²) >= 11 is 0. The number of benzene rings is 1. The maximum absolute atomic E-state index is 10.0. The molecule has 1 aromatic carbocycles. The first-order valence-corrected chi connectivity index (χ1v) is 6.64. The summed E-state index contributed by atoms with van der Waals surface area (Å²) in [5, 5.41) is 14.4. The first-order valence-electron chi connectivity index (χ1n) is 6.64. The minimum Gasteiger partial charge on any atom is -0.491 e. The van der Waals surface area contributed by atoms with Crippen LogP contribution in [-0.2, 0) is 6.54 Å². The van der Waals surface area contributed by atoms with Gasteiger partial charge in [0.2, 0.25) is 0 Å². The second-order valence-electron chi connectivity index (χ2n) is 5.02. The smallest absolute Gasteiger partial charge is 0.121 e. The lowest BCUT2D eigenvalue weighted by molar-refractivity contribution is 0.0887. The number of hydrogen-bond donors (Lipinski definition) is 2. The highest BCUT2D eigenvalue weighted by atomic mass is 16.5. The van der Waals surface area contributed by atoms with E-state index >= 15 is 0 Å². The van der Waals surface area contributed by atoms with Crippen molar-refractivity contribution >= 4 is 5.69 Å². The monoisotopic (exact) mass is 275 g/mol. The SMILES string of the molecule is Cc1nn(CC(O)COc2cccc(N)c2)c(C)c1C. The molecule has 5 nitrogen and oxygen atoms in total. The molecule has 0 amide bonds. The Kier molecular flexibility index (Phi) is 4.29. The zero-order chi connectivity index (χ0) is 14.7. The lowest BCUT2D eigenvalue weighted by atomic mass is 10.2. The van der Waals surface area contributed by atoms with E-state index in [-0.39, 0.29) is 6.61 Å². The van der Waals surface area contributed by atoms with Gasteiger partial charge in [-0.25, -0.2) is 0 Å². The highest BCUT2D eigenvalue weighted by Crippen LogP contribution is 2.15. The Morgan fingerprint density at radius 3 is 2.70 bits per heavy atom. The Hall–Kier alpha value is -2.01. The van der Waals surface area contributed by atoms with Crippen LogP contribution in [0.1, 0.15) is 17.0 Å². The summed E-state index contributed by atoms with van der Waals surface area (Å²) in [4.78, 5) is 0. The number of rotatable bonds is 5. The molecule has 0 aliphatic carbocycles. The standard InChI is InChI=1S/C15H21N3O2/c1-10-11(2)17-18(12(10)3)8-14(19)9-20-15-6-4-5-13(16)7-15/h4-7,14,19H,8-9,16H2,1-3H3. The van der Waals surface area contributed by atoms with Crippen molar-refractivity contribution in [2.75, 3.05) is 12.3 Å². The maximum atomic E-state index is 10.0. The third-order valence-electron chi connectivity index (χ3n) is 3.43. The zero-order valence-electron chi connectivity index (χ0n) is 12.1. The number of nitrogen functional groups attached to an aromatic ring is 1. The summed E-state index contributed by atoms with van der Waals surface area (Å²) in [5.41, 5.74) is 9.54. The molecule has 1 unspecified atom stereocenters. The summed E-state index contributed by atoms with van der Waals surface area (Å²) in [6, 6.07) is 7.17. The van der Waals surface area contributed by atoms with Gasteiger partial charge in [-0.05, 0) is 38.5 Å². The van der Waals surface area contributed by atoms with Crippen LogP contribution in [0, 0.1) is 20.8 Å². The number of aromatic nitrogens is 2. The van der Waals surface area contributed by atoms with E-state index in [1.54, 1.807) is 12.1 Å². The fourth-order valence-electron chi connectivity index (χ4n) is 2.01. The summed E-state index contributed by atoms with van der Waals surface area (Å²) < 4.78 is 7.34. The van der Waals surface area contributed by atoms with Gasteiger partial charge >= 0.3 is 0 Å². The van der Waals surface area contributed by atoms with Crippen molar-refractivity contribution in [3.05, 3.63) is 41.2 Å². The molecule has 1 aromatic heterocycles. The number of nitrogens with two attached hydrogens (primary N) is 1. The molecular weight excluding hydrogens is 254 g/mol. The molecule has 20 heavy (non-hydrogen) atoms. The van der Waals surface area contributed by atoms with E-state index < -0.39 is 6.10 Å². The first-order chi connectivity index (χ1) is 9.47. The minimum atomic E-state index is -0.617. The molecule has 3 N–H and O–H groups in total. The third kappa shape index (κ3) is 3.30. The van der Waals surface area contributed by atoms with Crippen LogP contribution in [0.25, 0.3) is 0 Å². The highest BCUT2D eigenvalue weighted by molar-refractivity contribution is 5.43. The summed E-state index contributed by atoms with van der Waals surface area (Å²) in [6.45, 7) is 6.63. The van der Waals surface area contributed by atoms with Crippen molar-refractivity contribution in [3.63, 3.8) is 0 Å². The van der Waals surface area contributed by atoms with Gasteiger partial charge in [0.25, 0.3) is 0 Å². The Morgan fingerprint density at radius 2 is 2.10 bits per heavy atom. The van der Waals surface area contributed by atoms with Crippen LogP contribution in [0.3, 0.4) is 0 Å². The van der Waals surface area contributed by atoms with Crippen molar-refractivity contribution < 1.29 is 9.84 Å². The second-order valence-corrected chi connectivity index (χ2v) is 5.02. The minimum absolute atomic E-state index is 0.209. The number of hydrogen-bond acceptors (Lipinski definition) is 4. The predicted octanol–water partition coefficient (Wildman–Crippen LogP) is 1.83. The molecule has 0 saturated heterocycles. The molecule has 0 radical (unpaired) electrons. The molecule has 108 valence electrons. The molecule has 2 aromatic rings. The van der Waals surface area contributed by atoms with E-state index in [0.29, 0.717) is 18.0 Å². The maximum Gasteiger partial charge on any atom is 0.121 e. The average molecular weight is 275 g/mol. The van der Waals surface area contributed by atoms with Crippen LogP contribution in [0.2, 0.25) is 0 Å². The largest absolute Gasteiger partial charge is 0.491 e. The van der Waals surface area contributed by atoms with E-state index in [1.807, 2.05) is 37.6 Å². The molecule has 0 fully saturated rings. The molecule has 0 aliphatic rings. The van der Waals surface area contributed by atoms with Crippen molar-refractivity contribution in [1.29, 1.82) is 0 Å². The summed E-state index contributed by atoms with van der Waals surface area (Å²) in [7, 11) is 0. The highest BCUT2D eigenvalue weighted by Gasteiger charge is 2.12. The van der Waals surface area contributed by atoms with Gasteiger partial charge < -0.3 is 15.6 Å². The van der Waals surface area contributed by atoms with E-state index in [0.717, 1.165) is 17.0 Å². The van der Waals surface area contributed by atoms with Gasteiger partial charge in [-0.1, -0.05) is 6.07 Å². The van der Waals surface area contributed by atoms with Crippen LogP contribution in [-0.4, -0.2) is 27.6 Å². The first kappa shape index (κ1) is 14.4. The normalized spacial score (nSPS) is 12.4. The number of aliphatic hydroxyl groups excluding tert-OH is 1. The van der Waals surface area contributed by atoms with Gasteiger partial charge in [0.1, 0.15) is 18.5 Å². The molecule has 0 aliphatic heterocycles. The molecule has 2 rings (SSSR count). The van der Waals surface area contributed by atoms with Gasteiger partial charge in [-0.3, -0.25) is 4.68 Å². The van der Waals surface area contributed by atoms with Gasteiger partial charge in [0.15, 0.2) is 0 Å². The lowest BCUT2D eigenvalue weighted by Gasteiger charge is -2.14. The lowest BCUT2D eigenvalue weighted by Crippen LogP contribution is -2.24. The Labute approximate surface area is 119 Å². The van der Waals surface area contributed by atoms with Crippen LogP contribution in [0.4, 0.5) is 5.69 Å².